The number of methoxy groups -OCH3 is 1. The van der Waals surface area contributed by atoms with Crippen molar-refractivity contribution in [2.24, 2.45) is 0 Å². The number of aromatic nitrogens is 2. The van der Waals surface area contributed by atoms with Gasteiger partial charge in [-0.05, 0) is 23.8 Å². The van der Waals surface area contributed by atoms with Crippen LogP contribution in [0, 0.1) is 0 Å². The van der Waals surface area contributed by atoms with Crippen LogP contribution in [0.15, 0.2) is 27.5 Å². The molecule has 0 radical (unpaired) electrons. The molecular weight excluding hydrogens is 397 g/mol. The maximum absolute atomic E-state index is 12.8. The van der Waals surface area contributed by atoms with Crippen molar-refractivity contribution >= 4 is 21.9 Å². The summed E-state index contributed by atoms with van der Waals surface area (Å²) in [5, 5.41) is 9.53. The van der Waals surface area contributed by atoms with Crippen LogP contribution >= 0.6 is 15.9 Å². The van der Waals surface area contributed by atoms with Crippen LogP contribution < -0.4 is 5.56 Å². The number of rotatable bonds is 3. The van der Waals surface area contributed by atoms with E-state index in [-0.39, 0.29) is 17.8 Å². The molecule has 0 aliphatic heterocycles. The number of halogens is 4. The highest BCUT2D eigenvalue weighted by molar-refractivity contribution is 9.10. The molecule has 0 saturated carbocycles. The minimum absolute atomic E-state index is 0.0989. The van der Waals surface area contributed by atoms with E-state index in [0.29, 0.717) is 4.47 Å². The van der Waals surface area contributed by atoms with Crippen molar-refractivity contribution in [1.29, 1.82) is 0 Å². The van der Waals surface area contributed by atoms with Gasteiger partial charge in [0.1, 0.15) is 5.82 Å². The van der Waals surface area contributed by atoms with Gasteiger partial charge in [0.25, 0.3) is 5.56 Å². The van der Waals surface area contributed by atoms with Gasteiger partial charge in [-0.3, -0.25) is 4.79 Å². The van der Waals surface area contributed by atoms with E-state index in [9.17, 15) is 27.9 Å². The lowest BCUT2D eigenvalue weighted by molar-refractivity contribution is -0.137. The minimum atomic E-state index is -4.53. The Hall–Kier alpha value is -2.36. The summed E-state index contributed by atoms with van der Waals surface area (Å²) in [5.74, 6) is -2.06. The number of nitrogens with one attached hydrogen (secondary N) is 1. The third-order valence-electron chi connectivity index (χ3n) is 3.05. The second-order valence-electron chi connectivity index (χ2n) is 4.68. The van der Waals surface area contributed by atoms with E-state index in [2.05, 4.69) is 30.6 Å². The number of benzene rings is 1. The van der Waals surface area contributed by atoms with Gasteiger partial charge >= 0.3 is 12.1 Å². The number of carbonyl (C=O) groups is 1. The summed E-state index contributed by atoms with van der Waals surface area (Å²) in [6.45, 7) is 0. The minimum Gasteiger partial charge on any atom is -0.501 e. The number of hydrogen-bond acceptors (Lipinski definition) is 5. The lowest BCUT2D eigenvalue weighted by Crippen LogP contribution is -2.18. The summed E-state index contributed by atoms with van der Waals surface area (Å²) in [4.78, 5) is 29.1. The summed E-state index contributed by atoms with van der Waals surface area (Å²) < 4.78 is 43.1. The van der Waals surface area contributed by atoms with Gasteiger partial charge in [-0.25, -0.2) is 9.78 Å². The Kier molecular flexibility index (Phi) is 4.97. The number of H-pyrrole nitrogens is 1. The number of alkyl halides is 3. The van der Waals surface area contributed by atoms with Gasteiger partial charge in [0.2, 0.25) is 5.75 Å². The Morgan fingerprint density at radius 1 is 1.42 bits per heavy atom. The predicted octanol–water partition coefficient (Wildman–Crippen LogP) is 2.63. The number of aromatic amines is 1. The van der Waals surface area contributed by atoms with Crippen LogP contribution in [0.25, 0.3) is 0 Å². The highest BCUT2D eigenvalue weighted by Crippen LogP contribution is 2.32. The van der Waals surface area contributed by atoms with E-state index >= 15 is 0 Å². The van der Waals surface area contributed by atoms with Gasteiger partial charge < -0.3 is 14.8 Å². The molecule has 10 heteroatoms. The van der Waals surface area contributed by atoms with E-state index in [1.807, 2.05) is 0 Å². The molecule has 0 spiro atoms. The van der Waals surface area contributed by atoms with Gasteiger partial charge in [-0.1, -0.05) is 15.9 Å². The van der Waals surface area contributed by atoms with Crippen LogP contribution in [-0.2, 0) is 17.3 Å². The molecule has 6 nitrogen and oxygen atoms in total. The SMILES string of the molecule is COC(=O)c1nc(Cc2cc(C(F)(F)F)ccc2Br)[nH]c(=O)c1O. The molecule has 2 rings (SSSR count). The smallest absolute Gasteiger partial charge is 0.416 e. The van der Waals surface area contributed by atoms with Crippen molar-refractivity contribution < 1.29 is 27.8 Å². The normalized spacial score (nSPS) is 11.4. The van der Waals surface area contributed by atoms with Gasteiger partial charge in [-0.15, -0.1) is 0 Å². The molecule has 0 unspecified atom stereocenters. The third kappa shape index (κ3) is 3.75. The summed E-state index contributed by atoms with van der Waals surface area (Å²) in [6.07, 6.45) is -4.73. The first kappa shape index (κ1) is 18.0. The summed E-state index contributed by atoms with van der Waals surface area (Å²) in [5.41, 5.74) is -2.28. The fourth-order valence-corrected chi connectivity index (χ4v) is 2.29. The number of carbonyl (C=O) groups excluding carboxylic acids is 1. The first-order chi connectivity index (χ1) is 11.1. The highest BCUT2D eigenvalue weighted by atomic mass is 79.9. The largest absolute Gasteiger partial charge is 0.501 e. The quantitative estimate of drug-likeness (QED) is 0.764. The average molecular weight is 407 g/mol. The molecular formula is C14H10BrF3N2O4. The summed E-state index contributed by atoms with van der Waals surface area (Å²) in [6, 6.07) is 3.02. The van der Waals surface area contributed by atoms with Crippen LogP contribution in [0.1, 0.15) is 27.4 Å². The zero-order chi connectivity index (χ0) is 18.1. The van der Waals surface area contributed by atoms with E-state index < -0.39 is 34.7 Å². The zero-order valence-corrected chi connectivity index (χ0v) is 13.7. The van der Waals surface area contributed by atoms with Crippen LogP contribution in [0.5, 0.6) is 5.75 Å². The molecule has 0 aliphatic rings. The molecule has 1 aromatic heterocycles. The van der Waals surface area contributed by atoms with Gasteiger partial charge in [0.05, 0.1) is 12.7 Å². The summed E-state index contributed by atoms with van der Waals surface area (Å²) in [7, 11) is 1.04. The van der Waals surface area contributed by atoms with Crippen molar-refractivity contribution in [3.8, 4) is 5.75 Å². The van der Waals surface area contributed by atoms with E-state index in [4.69, 9.17) is 0 Å². The van der Waals surface area contributed by atoms with E-state index in [0.717, 1.165) is 19.2 Å². The molecule has 0 bridgehead atoms. The van der Waals surface area contributed by atoms with Crippen LogP contribution in [-0.4, -0.2) is 28.2 Å². The Labute approximate surface area is 141 Å². The first-order valence-corrected chi connectivity index (χ1v) is 7.19. The lowest BCUT2D eigenvalue weighted by atomic mass is 10.1. The first-order valence-electron chi connectivity index (χ1n) is 6.39. The fraction of sp³-hybridized carbons (Fsp3) is 0.214. The predicted molar refractivity (Wildman–Crippen MR) is 79.8 cm³/mol. The van der Waals surface area contributed by atoms with E-state index in [1.54, 1.807) is 0 Å². The number of aromatic hydroxyl groups is 1. The van der Waals surface area contributed by atoms with Gasteiger partial charge in [0, 0.05) is 10.9 Å². The standard InChI is InChI=1S/C14H10BrF3N2O4/c1-24-13(23)10-11(21)12(22)20-9(19-10)5-6-4-7(14(16,17)18)2-3-8(6)15/h2-4,21H,5H2,1H3,(H,19,20,22). The Morgan fingerprint density at radius 2 is 2.08 bits per heavy atom. The monoisotopic (exact) mass is 406 g/mol. The zero-order valence-electron chi connectivity index (χ0n) is 12.1. The highest BCUT2D eigenvalue weighted by Gasteiger charge is 2.31. The molecule has 24 heavy (non-hydrogen) atoms. The van der Waals surface area contributed by atoms with Crippen LogP contribution in [0.3, 0.4) is 0 Å². The Morgan fingerprint density at radius 3 is 2.67 bits per heavy atom. The Balaban J connectivity index is 2.47. The molecule has 0 aliphatic carbocycles. The van der Waals surface area contributed by atoms with E-state index in [1.165, 1.54) is 6.07 Å². The van der Waals surface area contributed by atoms with Crippen LogP contribution in [0.4, 0.5) is 13.2 Å². The van der Waals surface area contributed by atoms with Crippen molar-refractivity contribution in [3.63, 3.8) is 0 Å². The second kappa shape index (κ2) is 6.63. The molecule has 0 saturated heterocycles. The third-order valence-corrected chi connectivity index (χ3v) is 3.83. The van der Waals surface area contributed by atoms with Crippen LogP contribution in [0.2, 0.25) is 0 Å². The topological polar surface area (TPSA) is 92.3 Å². The maximum atomic E-state index is 12.8. The average Bonchev–Trinajstić information content (AvgIpc) is 2.51. The van der Waals surface area contributed by atoms with Crippen molar-refractivity contribution in [2.45, 2.75) is 12.6 Å². The van der Waals surface area contributed by atoms with Gasteiger partial charge in [0.15, 0.2) is 5.69 Å². The molecule has 0 fully saturated rings. The molecule has 2 aromatic rings. The van der Waals surface area contributed by atoms with Gasteiger partial charge in [-0.2, -0.15) is 13.2 Å². The lowest BCUT2D eigenvalue weighted by Gasteiger charge is -2.11. The Bertz CT molecular complexity index is 849. The fourth-order valence-electron chi connectivity index (χ4n) is 1.90. The van der Waals surface area contributed by atoms with Crippen molar-refractivity contribution in [2.75, 3.05) is 7.11 Å². The number of nitrogens with zero attached hydrogens (tertiary/aromatic N) is 1. The number of hydrogen-bond donors (Lipinski definition) is 2. The molecule has 2 N–H and O–H groups in total. The number of ether oxygens (including phenoxy) is 1. The molecule has 0 amide bonds. The second-order valence-corrected chi connectivity index (χ2v) is 5.54. The number of esters is 1. The molecule has 128 valence electrons. The van der Waals surface area contributed by atoms with Crippen molar-refractivity contribution in [3.05, 3.63) is 55.7 Å². The summed E-state index contributed by atoms with van der Waals surface area (Å²) >= 11 is 3.12. The molecule has 1 aromatic carbocycles. The molecule has 0 atom stereocenters. The molecule has 1 heterocycles. The van der Waals surface area contributed by atoms with Crippen molar-refractivity contribution in [1.82, 2.24) is 9.97 Å². The maximum Gasteiger partial charge on any atom is 0.416 e.